The van der Waals surface area contributed by atoms with E-state index in [-0.39, 0.29) is 18.5 Å². The van der Waals surface area contributed by atoms with Gasteiger partial charge in [0.05, 0.1) is 0 Å². The van der Waals surface area contributed by atoms with Crippen LogP contribution in [0.25, 0.3) is 0 Å². The molecule has 1 aromatic carbocycles. The molecule has 3 heteroatoms. The first kappa shape index (κ1) is 12.9. The number of aliphatic hydroxyl groups is 1. The molecule has 0 aliphatic rings. The molecule has 0 fully saturated rings. The molecule has 1 aromatic rings. The molecule has 0 saturated carbocycles. The summed E-state index contributed by atoms with van der Waals surface area (Å²) in [5, 5.41) is 11.9. The van der Waals surface area contributed by atoms with Crippen LogP contribution in [0, 0.1) is 5.82 Å². The van der Waals surface area contributed by atoms with Gasteiger partial charge in [0.2, 0.25) is 0 Å². The Hall–Kier alpha value is -1.19. The molecule has 0 aliphatic heterocycles. The summed E-state index contributed by atoms with van der Waals surface area (Å²) in [6, 6.07) is 6.67. The van der Waals surface area contributed by atoms with Crippen LogP contribution in [0.2, 0.25) is 0 Å². The minimum atomic E-state index is -0.203. The van der Waals surface area contributed by atoms with Gasteiger partial charge in [0, 0.05) is 18.2 Å². The first-order chi connectivity index (χ1) is 7.79. The Morgan fingerprint density at radius 2 is 2.19 bits per heavy atom. The lowest BCUT2D eigenvalue weighted by molar-refractivity contribution is 0.283. The molecule has 0 amide bonds. The van der Waals surface area contributed by atoms with Gasteiger partial charge in [-0.05, 0) is 25.5 Å². The van der Waals surface area contributed by atoms with Crippen LogP contribution in [-0.2, 0) is 0 Å². The van der Waals surface area contributed by atoms with Crippen LogP contribution >= 0.6 is 0 Å². The molecule has 0 spiro atoms. The van der Waals surface area contributed by atoms with E-state index in [1.165, 1.54) is 6.07 Å². The Balaban J connectivity index is 2.69. The average Bonchev–Trinajstić information content (AvgIpc) is 2.29. The molecular formula is C13H18FNO. The highest BCUT2D eigenvalue weighted by molar-refractivity contribution is 5.21. The fraction of sp³-hybridized carbons (Fsp3) is 0.385. The van der Waals surface area contributed by atoms with Gasteiger partial charge >= 0.3 is 0 Å². The van der Waals surface area contributed by atoms with E-state index in [0.29, 0.717) is 24.9 Å². The number of rotatable bonds is 7. The first-order valence-corrected chi connectivity index (χ1v) is 5.49. The number of hydrogen-bond donors (Lipinski definition) is 2. The Bertz CT molecular complexity index is 327. The molecule has 2 N–H and O–H groups in total. The summed E-state index contributed by atoms with van der Waals surface area (Å²) in [7, 11) is 0. The molecule has 16 heavy (non-hydrogen) atoms. The highest BCUT2D eigenvalue weighted by Gasteiger charge is 2.12. The molecule has 0 radical (unpaired) electrons. The van der Waals surface area contributed by atoms with Gasteiger partial charge in [-0.3, -0.25) is 0 Å². The smallest absolute Gasteiger partial charge is 0.127 e. The summed E-state index contributed by atoms with van der Waals surface area (Å²) >= 11 is 0. The van der Waals surface area contributed by atoms with Gasteiger partial charge in [-0.1, -0.05) is 24.3 Å². The third-order valence-corrected chi connectivity index (χ3v) is 2.41. The molecular weight excluding hydrogens is 205 g/mol. The summed E-state index contributed by atoms with van der Waals surface area (Å²) in [4.78, 5) is 0. The Kier molecular flexibility index (Phi) is 5.75. The minimum Gasteiger partial charge on any atom is -0.396 e. The van der Waals surface area contributed by atoms with Crippen molar-refractivity contribution in [3.63, 3.8) is 0 Å². The van der Waals surface area contributed by atoms with Gasteiger partial charge in [-0.25, -0.2) is 4.39 Å². The zero-order chi connectivity index (χ0) is 11.8. The maximum atomic E-state index is 13.5. The molecule has 0 saturated heterocycles. The lowest BCUT2D eigenvalue weighted by atomic mass is 10.0. The molecule has 88 valence electrons. The maximum absolute atomic E-state index is 13.5. The standard InChI is InChI=1S/C13H18FNO/c1-2-6-13(15-9-5-10-16)11-7-3-4-8-12(11)14/h2-4,7-8,13,15-16H,1,5-6,9-10H2. The zero-order valence-electron chi connectivity index (χ0n) is 9.32. The third-order valence-electron chi connectivity index (χ3n) is 2.41. The van der Waals surface area contributed by atoms with Crippen molar-refractivity contribution in [2.45, 2.75) is 18.9 Å². The number of halogens is 1. The second kappa shape index (κ2) is 7.14. The summed E-state index contributed by atoms with van der Waals surface area (Å²) in [6.45, 7) is 4.49. The van der Waals surface area contributed by atoms with E-state index in [9.17, 15) is 4.39 Å². The molecule has 0 heterocycles. The SMILES string of the molecule is C=CCC(NCCCO)c1ccccc1F. The maximum Gasteiger partial charge on any atom is 0.127 e. The summed E-state index contributed by atoms with van der Waals surface area (Å²) in [5.41, 5.74) is 0.653. The molecule has 0 aromatic heterocycles. The second-order valence-corrected chi connectivity index (χ2v) is 3.63. The minimum absolute atomic E-state index is 0.0646. The van der Waals surface area contributed by atoms with Crippen LogP contribution in [0.5, 0.6) is 0 Å². The van der Waals surface area contributed by atoms with Gasteiger partial charge in [-0.15, -0.1) is 6.58 Å². The molecule has 2 nitrogen and oxygen atoms in total. The Morgan fingerprint density at radius 1 is 1.44 bits per heavy atom. The Labute approximate surface area is 95.8 Å². The van der Waals surface area contributed by atoms with Crippen molar-refractivity contribution in [3.8, 4) is 0 Å². The monoisotopic (exact) mass is 223 g/mol. The van der Waals surface area contributed by atoms with Crippen LogP contribution in [0.15, 0.2) is 36.9 Å². The topological polar surface area (TPSA) is 32.3 Å². The van der Waals surface area contributed by atoms with Gasteiger partial charge in [-0.2, -0.15) is 0 Å². The fourth-order valence-corrected chi connectivity index (χ4v) is 1.60. The molecule has 0 aliphatic carbocycles. The number of hydrogen-bond acceptors (Lipinski definition) is 2. The van der Waals surface area contributed by atoms with Crippen molar-refractivity contribution in [3.05, 3.63) is 48.3 Å². The van der Waals surface area contributed by atoms with E-state index >= 15 is 0 Å². The number of nitrogens with one attached hydrogen (secondary N) is 1. The summed E-state index contributed by atoms with van der Waals surface area (Å²) in [5.74, 6) is -0.203. The van der Waals surface area contributed by atoms with Crippen molar-refractivity contribution in [1.29, 1.82) is 0 Å². The lowest BCUT2D eigenvalue weighted by Gasteiger charge is -2.18. The summed E-state index contributed by atoms with van der Waals surface area (Å²) < 4.78 is 13.5. The van der Waals surface area contributed by atoms with E-state index in [0.717, 1.165) is 0 Å². The van der Waals surface area contributed by atoms with Crippen molar-refractivity contribution in [1.82, 2.24) is 5.32 Å². The zero-order valence-corrected chi connectivity index (χ0v) is 9.32. The predicted molar refractivity (Wildman–Crippen MR) is 63.7 cm³/mol. The Morgan fingerprint density at radius 3 is 2.81 bits per heavy atom. The van der Waals surface area contributed by atoms with Crippen LogP contribution < -0.4 is 5.32 Å². The molecule has 1 atom stereocenters. The lowest BCUT2D eigenvalue weighted by Crippen LogP contribution is -2.23. The number of aliphatic hydroxyl groups excluding tert-OH is 1. The van der Waals surface area contributed by atoms with E-state index in [1.807, 2.05) is 6.07 Å². The van der Waals surface area contributed by atoms with Crippen molar-refractivity contribution < 1.29 is 9.50 Å². The van der Waals surface area contributed by atoms with E-state index in [1.54, 1.807) is 18.2 Å². The van der Waals surface area contributed by atoms with Gasteiger partial charge in [0.15, 0.2) is 0 Å². The highest BCUT2D eigenvalue weighted by atomic mass is 19.1. The van der Waals surface area contributed by atoms with E-state index < -0.39 is 0 Å². The van der Waals surface area contributed by atoms with Crippen LogP contribution in [0.1, 0.15) is 24.4 Å². The van der Waals surface area contributed by atoms with E-state index in [2.05, 4.69) is 11.9 Å². The summed E-state index contributed by atoms with van der Waals surface area (Å²) in [6.07, 6.45) is 3.11. The van der Waals surface area contributed by atoms with Crippen LogP contribution in [-0.4, -0.2) is 18.3 Å². The molecule has 1 rings (SSSR count). The van der Waals surface area contributed by atoms with Gasteiger partial charge in [0.1, 0.15) is 5.82 Å². The van der Waals surface area contributed by atoms with E-state index in [4.69, 9.17) is 5.11 Å². The van der Waals surface area contributed by atoms with Crippen LogP contribution in [0.3, 0.4) is 0 Å². The average molecular weight is 223 g/mol. The van der Waals surface area contributed by atoms with Gasteiger partial charge in [0.25, 0.3) is 0 Å². The molecule has 1 unspecified atom stereocenters. The third kappa shape index (κ3) is 3.76. The quantitative estimate of drug-likeness (QED) is 0.549. The number of benzene rings is 1. The van der Waals surface area contributed by atoms with Gasteiger partial charge < -0.3 is 10.4 Å². The van der Waals surface area contributed by atoms with Crippen molar-refractivity contribution in [2.24, 2.45) is 0 Å². The highest BCUT2D eigenvalue weighted by Crippen LogP contribution is 2.20. The second-order valence-electron chi connectivity index (χ2n) is 3.63. The predicted octanol–water partition coefficient (Wildman–Crippen LogP) is 2.41. The normalized spacial score (nSPS) is 12.4. The first-order valence-electron chi connectivity index (χ1n) is 5.49. The molecule has 0 bridgehead atoms. The van der Waals surface area contributed by atoms with Crippen molar-refractivity contribution in [2.75, 3.05) is 13.2 Å². The van der Waals surface area contributed by atoms with Crippen molar-refractivity contribution >= 4 is 0 Å². The van der Waals surface area contributed by atoms with Crippen LogP contribution in [0.4, 0.5) is 4.39 Å². The fourth-order valence-electron chi connectivity index (χ4n) is 1.60. The largest absolute Gasteiger partial charge is 0.396 e.